The van der Waals surface area contributed by atoms with Crippen LogP contribution in [0.15, 0.2) is 53.6 Å². The fraction of sp³-hybridized carbons (Fsp3) is 0.296. The lowest BCUT2D eigenvalue weighted by Gasteiger charge is -2.38. The highest BCUT2D eigenvalue weighted by atomic mass is 16.6. The van der Waals surface area contributed by atoms with Gasteiger partial charge in [-0.3, -0.25) is 19.1 Å². The zero-order valence-electron chi connectivity index (χ0n) is 21.6. The second-order valence-corrected chi connectivity index (χ2v) is 9.26. The maximum absolute atomic E-state index is 12.8. The number of aryl methyl sites for hydroxylation is 3. The minimum absolute atomic E-state index is 0.0763. The molecule has 0 unspecified atom stereocenters. The van der Waals surface area contributed by atoms with Crippen molar-refractivity contribution in [3.05, 3.63) is 64.7 Å². The number of nitrogens with zero attached hydrogens (tertiary/aromatic N) is 5. The molecule has 2 aromatic carbocycles. The van der Waals surface area contributed by atoms with Gasteiger partial charge in [-0.05, 0) is 30.7 Å². The molecular weight excluding hydrogens is 472 g/mol. The Morgan fingerprint density at radius 1 is 1.03 bits per heavy atom. The molecule has 192 valence electrons. The topological polar surface area (TPSA) is 93.9 Å². The van der Waals surface area contributed by atoms with Crippen LogP contribution in [0, 0.1) is 6.92 Å². The van der Waals surface area contributed by atoms with Crippen LogP contribution in [0.25, 0.3) is 22.0 Å². The number of pyridine rings is 1. The summed E-state index contributed by atoms with van der Waals surface area (Å²) in [5.74, 6) is 0.0786. The van der Waals surface area contributed by atoms with Gasteiger partial charge in [-0.15, -0.1) is 0 Å². The second kappa shape index (κ2) is 9.62. The molecule has 1 aliphatic rings. The van der Waals surface area contributed by atoms with Crippen molar-refractivity contribution in [3.63, 3.8) is 0 Å². The Morgan fingerprint density at radius 3 is 2.57 bits per heavy atom. The third kappa shape index (κ3) is 4.51. The number of hydrogen-bond donors (Lipinski definition) is 1. The van der Waals surface area contributed by atoms with E-state index in [9.17, 15) is 9.59 Å². The lowest BCUT2D eigenvalue weighted by molar-refractivity contribution is -0.133. The molecule has 10 nitrogen and oxygen atoms in total. The fourth-order valence-electron chi connectivity index (χ4n) is 4.82. The molecule has 3 heterocycles. The van der Waals surface area contributed by atoms with Gasteiger partial charge in [0.25, 0.3) is 11.5 Å². The number of carbonyl (C=O) groups is 1. The minimum Gasteiger partial charge on any atom is -0.484 e. The van der Waals surface area contributed by atoms with E-state index in [1.165, 1.54) is 7.11 Å². The number of nitrogens with one attached hydrogen (secondary N) is 1. The number of benzene rings is 2. The predicted molar refractivity (Wildman–Crippen MR) is 143 cm³/mol. The van der Waals surface area contributed by atoms with E-state index in [0.717, 1.165) is 52.2 Å². The summed E-state index contributed by atoms with van der Waals surface area (Å²) in [4.78, 5) is 33.9. The van der Waals surface area contributed by atoms with Crippen LogP contribution in [-0.2, 0) is 23.7 Å². The fourth-order valence-corrected chi connectivity index (χ4v) is 4.82. The average Bonchev–Trinajstić information content (AvgIpc) is 3.33. The number of carbonyl (C=O) groups excluding carboxylic acids is 1. The van der Waals surface area contributed by atoms with E-state index in [1.54, 1.807) is 22.4 Å². The number of fused-ring (bicyclic) bond motifs is 2. The Kier molecular flexibility index (Phi) is 6.34. The minimum atomic E-state index is -0.408. The van der Waals surface area contributed by atoms with Gasteiger partial charge < -0.3 is 19.1 Å². The first-order valence-electron chi connectivity index (χ1n) is 12.0. The van der Waals surface area contributed by atoms with Crippen molar-refractivity contribution in [2.45, 2.75) is 6.92 Å². The quantitative estimate of drug-likeness (QED) is 0.405. The summed E-state index contributed by atoms with van der Waals surface area (Å²) in [5, 5.41) is 5.24. The van der Waals surface area contributed by atoms with Gasteiger partial charge in [0.15, 0.2) is 6.61 Å². The van der Waals surface area contributed by atoms with Crippen molar-refractivity contribution in [2.24, 2.45) is 14.1 Å². The zero-order chi connectivity index (χ0) is 26.3. The normalized spacial score (nSPS) is 13.1. The first kappa shape index (κ1) is 24.4. The number of amides is 1. The van der Waals surface area contributed by atoms with Gasteiger partial charge >= 0.3 is 0 Å². The lowest BCUT2D eigenvalue weighted by Crippen LogP contribution is -2.36. The van der Waals surface area contributed by atoms with Crippen molar-refractivity contribution < 1.29 is 14.4 Å². The molecule has 37 heavy (non-hydrogen) atoms. The molecule has 0 saturated carbocycles. The van der Waals surface area contributed by atoms with Crippen molar-refractivity contribution >= 4 is 33.9 Å². The Morgan fingerprint density at radius 2 is 1.84 bits per heavy atom. The molecule has 1 N–H and O–H groups in total. The molecule has 5 rings (SSSR count). The maximum atomic E-state index is 12.8. The van der Waals surface area contributed by atoms with Gasteiger partial charge in [-0.25, -0.2) is 5.48 Å². The Balaban J connectivity index is 1.64. The summed E-state index contributed by atoms with van der Waals surface area (Å²) < 4.78 is 9.24. The highest BCUT2D eigenvalue weighted by molar-refractivity contribution is 5.98. The van der Waals surface area contributed by atoms with Crippen LogP contribution in [0.1, 0.15) is 5.56 Å². The molecule has 0 fully saturated rings. The molecule has 0 saturated heterocycles. The number of hydroxylamine groups is 1. The molecule has 10 heteroatoms. The smallest absolute Gasteiger partial charge is 0.281 e. The van der Waals surface area contributed by atoms with Crippen molar-refractivity contribution in [1.29, 1.82) is 0 Å². The van der Waals surface area contributed by atoms with E-state index in [1.807, 2.05) is 38.5 Å². The number of rotatable bonds is 6. The van der Waals surface area contributed by atoms with E-state index in [0.29, 0.717) is 11.3 Å². The third-order valence-corrected chi connectivity index (χ3v) is 6.73. The van der Waals surface area contributed by atoms with Crippen LogP contribution < -0.4 is 25.6 Å². The monoisotopic (exact) mass is 502 g/mol. The van der Waals surface area contributed by atoms with E-state index in [2.05, 4.69) is 50.5 Å². The van der Waals surface area contributed by atoms with E-state index in [4.69, 9.17) is 4.74 Å². The molecule has 1 aliphatic heterocycles. The van der Waals surface area contributed by atoms with Crippen LogP contribution in [0.4, 0.5) is 17.1 Å². The average molecular weight is 503 g/mol. The maximum Gasteiger partial charge on any atom is 0.281 e. The molecule has 0 radical (unpaired) electrons. The van der Waals surface area contributed by atoms with Crippen molar-refractivity contribution in [1.82, 2.24) is 19.8 Å². The molecule has 0 atom stereocenters. The molecular formula is C27H30N6O4. The summed E-state index contributed by atoms with van der Waals surface area (Å²) >= 11 is 0. The first-order valence-corrected chi connectivity index (χ1v) is 12.0. The Hall–Kier alpha value is -4.31. The van der Waals surface area contributed by atoms with Crippen molar-refractivity contribution in [2.75, 3.05) is 43.7 Å². The molecule has 0 spiro atoms. The Bertz CT molecular complexity index is 1560. The van der Waals surface area contributed by atoms with E-state index < -0.39 is 5.91 Å². The van der Waals surface area contributed by atoms with Crippen LogP contribution in [0.5, 0.6) is 5.75 Å². The lowest BCUT2D eigenvalue weighted by atomic mass is 10.0. The number of likely N-dealkylation sites (N-methyl/N-ethyl adjacent to an activating group) is 1. The van der Waals surface area contributed by atoms with Crippen molar-refractivity contribution in [3.8, 4) is 16.9 Å². The van der Waals surface area contributed by atoms with E-state index in [-0.39, 0.29) is 12.2 Å². The highest BCUT2D eigenvalue weighted by Crippen LogP contribution is 2.43. The predicted octanol–water partition coefficient (Wildman–Crippen LogP) is 2.89. The Labute approximate surface area is 214 Å². The van der Waals surface area contributed by atoms with Crippen LogP contribution >= 0.6 is 0 Å². The van der Waals surface area contributed by atoms with Gasteiger partial charge in [0.2, 0.25) is 0 Å². The van der Waals surface area contributed by atoms with Gasteiger partial charge in [0.1, 0.15) is 5.75 Å². The number of aromatic nitrogens is 3. The second-order valence-electron chi connectivity index (χ2n) is 9.26. The largest absolute Gasteiger partial charge is 0.484 e. The van der Waals surface area contributed by atoms with Gasteiger partial charge in [0, 0.05) is 69.1 Å². The van der Waals surface area contributed by atoms with Gasteiger partial charge in [-0.2, -0.15) is 5.10 Å². The first-order chi connectivity index (χ1) is 17.8. The summed E-state index contributed by atoms with van der Waals surface area (Å²) in [5.41, 5.74) is 8.74. The number of anilines is 3. The summed E-state index contributed by atoms with van der Waals surface area (Å²) in [6.07, 6.45) is 3.86. The molecule has 0 bridgehead atoms. The third-order valence-electron chi connectivity index (χ3n) is 6.73. The van der Waals surface area contributed by atoms with Gasteiger partial charge in [0.05, 0.1) is 35.9 Å². The van der Waals surface area contributed by atoms with Crippen LogP contribution in [0.3, 0.4) is 0 Å². The summed E-state index contributed by atoms with van der Waals surface area (Å²) in [6.45, 7) is 3.15. The molecule has 1 amide bonds. The molecule has 4 aromatic rings. The van der Waals surface area contributed by atoms with Gasteiger partial charge in [-0.1, -0.05) is 6.07 Å². The summed E-state index contributed by atoms with van der Waals surface area (Å²) in [7, 11) is 7.11. The number of ether oxygens (including phenoxy) is 1. The SMILES string of the molecule is CONC(=O)COc1cc(N2CCN(C)c3cc(-c4cnn(C)c4)ccc32)c2cc(C)c(=O)n(C)c2c1. The van der Waals surface area contributed by atoms with Crippen LogP contribution in [-0.4, -0.2) is 54.1 Å². The zero-order valence-corrected chi connectivity index (χ0v) is 21.6. The highest BCUT2D eigenvalue weighted by Gasteiger charge is 2.25. The summed E-state index contributed by atoms with van der Waals surface area (Å²) in [6, 6.07) is 12.0. The van der Waals surface area contributed by atoms with E-state index >= 15 is 0 Å². The number of hydrogen-bond acceptors (Lipinski definition) is 7. The molecule has 2 aromatic heterocycles. The molecule has 0 aliphatic carbocycles. The standard InChI is InChI=1S/C27H30N6O4/c1-17-10-21-23(32(4)27(17)35)12-20(37-16-26(34)29-36-5)13-24(21)33-9-8-30(2)25-11-18(6-7-22(25)33)19-14-28-31(3)15-19/h6-7,10-15H,8-9,16H2,1-5H3,(H,29,34). The van der Waals surface area contributed by atoms with Crippen LogP contribution in [0.2, 0.25) is 0 Å².